The number of halogens is 3. The van der Waals surface area contributed by atoms with Gasteiger partial charge in [-0.3, -0.25) is 4.79 Å². The van der Waals surface area contributed by atoms with Gasteiger partial charge in [-0.25, -0.2) is 0 Å². The number of alkyl halides is 3. The lowest BCUT2D eigenvalue weighted by Crippen LogP contribution is -2.15. The van der Waals surface area contributed by atoms with Gasteiger partial charge in [-0.15, -0.1) is 10.2 Å². The van der Waals surface area contributed by atoms with Crippen molar-refractivity contribution in [3.8, 4) is 0 Å². The topological polar surface area (TPSA) is 59.8 Å². The van der Waals surface area contributed by atoms with Crippen molar-refractivity contribution in [3.05, 3.63) is 35.7 Å². The van der Waals surface area contributed by atoms with E-state index in [1.807, 2.05) is 0 Å². The Morgan fingerprint density at radius 1 is 1.23 bits per heavy atom. The summed E-state index contributed by atoms with van der Waals surface area (Å²) in [7, 11) is 0. The molecule has 2 aromatic rings. The van der Waals surface area contributed by atoms with Crippen LogP contribution in [0, 0.1) is 0 Å². The maximum Gasteiger partial charge on any atom is 0.416 e. The minimum Gasteiger partial charge on any atom is -0.325 e. The Morgan fingerprint density at radius 2 is 2.00 bits per heavy atom. The highest BCUT2D eigenvalue weighted by Crippen LogP contribution is 2.46. The molecule has 0 aliphatic heterocycles. The number of rotatable bonds is 6. The Morgan fingerprint density at radius 3 is 2.65 bits per heavy atom. The molecule has 0 saturated heterocycles. The average Bonchev–Trinajstić information content (AvgIpc) is 3.51. The van der Waals surface area contributed by atoms with Crippen LogP contribution in [0.2, 0.25) is 0 Å². The summed E-state index contributed by atoms with van der Waals surface area (Å²) in [5.74, 6) is 1.20. The van der Waals surface area contributed by atoms with Crippen molar-refractivity contribution in [1.29, 1.82) is 0 Å². The molecule has 1 heterocycles. The lowest BCUT2D eigenvalue weighted by molar-refractivity contribution is -0.137. The fourth-order valence-electron chi connectivity index (χ4n) is 2.78. The maximum atomic E-state index is 12.7. The van der Waals surface area contributed by atoms with E-state index >= 15 is 0 Å². The molecule has 2 aliphatic carbocycles. The van der Waals surface area contributed by atoms with E-state index in [2.05, 4.69) is 20.1 Å². The maximum absolute atomic E-state index is 12.7. The Hall–Kier alpha value is -2.03. The number of benzene rings is 1. The first-order valence-corrected chi connectivity index (χ1v) is 9.45. The standard InChI is InChI=1S/C17H17F3N4OS/c18-17(19,20)11-2-1-3-12(8-11)21-14(25)9-26-16-23-22-15(10-4-5-10)24(16)13-6-7-13/h1-3,8,10,13H,4-7,9H2,(H,21,25). The molecule has 1 aromatic carbocycles. The molecule has 2 saturated carbocycles. The van der Waals surface area contributed by atoms with E-state index in [0.717, 1.165) is 43.6 Å². The third kappa shape index (κ3) is 3.87. The van der Waals surface area contributed by atoms with E-state index in [-0.39, 0.29) is 17.3 Å². The fraction of sp³-hybridized carbons (Fsp3) is 0.471. The predicted octanol–water partition coefficient (Wildman–Crippen LogP) is 4.24. The largest absolute Gasteiger partial charge is 0.416 e. The van der Waals surface area contributed by atoms with Crippen LogP contribution in [0.5, 0.6) is 0 Å². The van der Waals surface area contributed by atoms with E-state index in [1.165, 1.54) is 23.9 Å². The van der Waals surface area contributed by atoms with Crippen molar-refractivity contribution in [3.63, 3.8) is 0 Å². The number of hydrogen-bond donors (Lipinski definition) is 1. The molecule has 4 rings (SSSR count). The number of aromatic nitrogens is 3. The van der Waals surface area contributed by atoms with Crippen LogP contribution in [0.3, 0.4) is 0 Å². The van der Waals surface area contributed by atoms with Gasteiger partial charge in [0.05, 0.1) is 11.3 Å². The van der Waals surface area contributed by atoms with Gasteiger partial charge in [0.15, 0.2) is 5.16 Å². The normalized spacial score (nSPS) is 17.3. The van der Waals surface area contributed by atoms with Crippen molar-refractivity contribution in [2.24, 2.45) is 0 Å². The van der Waals surface area contributed by atoms with Crippen molar-refractivity contribution in [1.82, 2.24) is 14.8 Å². The Labute approximate surface area is 152 Å². The number of nitrogens with zero attached hydrogens (tertiary/aromatic N) is 3. The van der Waals surface area contributed by atoms with Gasteiger partial charge >= 0.3 is 6.18 Å². The van der Waals surface area contributed by atoms with Gasteiger partial charge in [-0.2, -0.15) is 13.2 Å². The minimum atomic E-state index is -4.44. The second-order valence-electron chi connectivity index (χ2n) is 6.63. The van der Waals surface area contributed by atoms with Crippen LogP contribution < -0.4 is 5.32 Å². The first-order chi connectivity index (χ1) is 12.4. The van der Waals surface area contributed by atoms with E-state index in [9.17, 15) is 18.0 Å². The number of carbonyl (C=O) groups is 1. The molecular formula is C17H17F3N4OS. The summed E-state index contributed by atoms with van der Waals surface area (Å²) in [4.78, 5) is 12.1. The van der Waals surface area contributed by atoms with Gasteiger partial charge < -0.3 is 9.88 Å². The van der Waals surface area contributed by atoms with Crippen molar-refractivity contribution in [2.75, 3.05) is 11.1 Å². The summed E-state index contributed by atoms with van der Waals surface area (Å²) < 4.78 is 40.4. The van der Waals surface area contributed by atoms with Crippen LogP contribution in [0.4, 0.5) is 18.9 Å². The molecule has 0 bridgehead atoms. The zero-order chi connectivity index (χ0) is 18.3. The van der Waals surface area contributed by atoms with Crippen LogP contribution in [-0.2, 0) is 11.0 Å². The predicted molar refractivity (Wildman–Crippen MR) is 91.1 cm³/mol. The van der Waals surface area contributed by atoms with Crippen LogP contribution in [0.1, 0.15) is 49.0 Å². The molecule has 2 fully saturated rings. The summed E-state index contributed by atoms with van der Waals surface area (Å²) in [6.07, 6.45) is 0.0238. The van der Waals surface area contributed by atoms with Gasteiger partial charge in [0.1, 0.15) is 5.82 Å². The summed E-state index contributed by atoms with van der Waals surface area (Å²) in [5.41, 5.74) is -0.654. The molecule has 1 amide bonds. The second-order valence-corrected chi connectivity index (χ2v) is 7.57. The second kappa shape index (κ2) is 6.61. The zero-order valence-electron chi connectivity index (χ0n) is 13.8. The summed E-state index contributed by atoms with van der Waals surface area (Å²) in [6.45, 7) is 0. The number of amides is 1. The molecule has 138 valence electrons. The Kier molecular flexibility index (Phi) is 4.42. The van der Waals surface area contributed by atoms with E-state index in [1.54, 1.807) is 0 Å². The molecule has 2 aliphatic rings. The van der Waals surface area contributed by atoms with Crippen LogP contribution in [0.25, 0.3) is 0 Å². The molecule has 0 radical (unpaired) electrons. The number of anilines is 1. The lowest BCUT2D eigenvalue weighted by atomic mass is 10.2. The van der Waals surface area contributed by atoms with E-state index in [0.29, 0.717) is 17.1 Å². The molecule has 0 unspecified atom stereocenters. The van der Waals surface area contributed by atoms with Crippen LogP contribution >= 0.6 is 11.8 Å². The number of thioether (sulfide) groups is 1. The molecule has 9 heteroatoms. The zero-order valence-corrected chi connectivity index (χ0v) is 14.6. The highest BCUT2D eigenvalue weighted by Gasteiger charge is 2.36. The van der Waals surface area contributed by atoms with Gasteiger partial charge in [-0.1, -0.05) is 17.8 Å². The Bertz CT molecular complexity index is 828. The highest BCUT2D eigenvalue weighted by atomic mass is 32.2. The van der Waals surface area contributed by atoms with Crippen LogP contribution in [0.15, 0.2) is 29.4 Å². The SMILES string of the molecule is O=C(CSc1nnc(C2CC2)n1C1CC1)Nc1cccc(C(F)(F)F)c1. The van der Waals surface area contributed by atoms with Gasteiger partial charge in [0.2, 0.25) is 5.91 Å². The monoisotopic (exact) mass is 382 g/mol. The molecule has 0 spiro atoms. The third-order valence-electron chi connectivity index (χ3n) is 4.35. The van der Waals surface area contributed by atoms with Crippen LogP contribution in [-0.4, -0.2) is 26.4 Å². The summed E-state index contributed by atoms with van der Waals surface area (Å²) in [5, 5.41) is 11.7. The smallest absolute Gasteiger partial charge is 0.325 e. The average molecular weight is 382 g/mol. The van der Waals surface area contributed by atoms with Crippen molar-refractivity contribution < 1.29 is 18.0 Å². The molecule has 0 atom stereocenters. The number of hydrogen-bond acceptors (Lipinski definition) is 4. The molecule has 1 aromatic heterocycles. The van der Waals surface area contributed by atoms with Gasteiger partial charge in [0, 0.05) is 17.6 Å². The lowest BCUT2D eigenvalue weighted by Gasteiger charge is -2.10. The quantitative estimate of drug-likeness (QED) is 0.759. The first kappa shape index (κ1) is 17.4. The minimum absolute atomic E-state index is 0.0752. The van der Waals surface area contributed by atoms with E-state index < -0.39 is 11.7 Å². The van der Waals surface area contributed by atoms with Gasteiger partial charge in [0.25, 0.3) is 0 Å². The fourth-order valence-corrected chi connectivity index (χ4v) is 3.60. The molecular weight excluding hydrogens is 365 g/mol. The van der Waals surface area contributed by atoms with Crippen molar-refractivity contribution >= 4 is 23.4 Å². The highest BCUT2D eigenvalue weighted by molar-refractivity contribution is 7.99. The van der Waals surface area contributed by atoms with E-state index in [4.69, 9.17) is 0 Å². The molecule has 26 heavy (non-hydrogen) atoms. The molecule has 5 nitrogen and oxygen atoms in total. The summed E-state index contributed by atoms with van der Waals surface area (Å²) in [6, 6.07) is 5.05. The Balaban J connectivity index is 1.39. The van der Waals surface area contributed by atoms with Gasteiger partial charge in [-0.05, 0) is 43.9 Å². The summed E-state index contributed by atoms with van der Waals surface area (Å²) >= 11 is 1.27. The molecule has 1 N–H and O–H groups in total. The number of nitrogens with one attached hydrogen (secondary N) is 1. The first-order valence-electron chi connectivity index (χ1n) is 8.46. The third-order valence-corrected chi connectivity index (χ3v) is 5.29. The number of carbonyl (C=O) groups excluding carboxylic acids is 1. The van der Waals surface area contributed by atoms with Crippen molar-refractivity contribution in [2.45, 2.75) is 49.0 Å².